The molecule has 5 heteroatoms. The normalized spacial score (nSPS) is 17.4. The highest BCUT2D eigenvalue weighted by molar-refractivity contribution is 5.90. The minimum atomic E-state index is -0.0590. The molecule has 0 bridgehead atoms. The van der Waals surface area contributed by atoms with Crippen LogP contribution < -0.4 is 10.1 Å². The third-order valence-corrected chi connectivity index (χ3v) is 6.33. The molecule has 1 fully saturated rings. The van der Waals surface area contributed by atoms with Gasteiger partial charge >= 0.3 is 6.03 Å². The van der Waals surface area contributed by atoms with Crippen LogP contribution in [0, 0.1) is 0 Å². The van der Waals surface area contributed by atoms with E-state index in [1.807, 2.05) is 35.2 Å². The van der Waals surface area contributed by atoms with Crippen LogP contribution in [0.2, 0.25) is 0 Å². The van der Waals surface area contributed by atoms with Gasteiger partial charge < -0.3 is 19.9 Å². The fourth-order valence-electron chi connectivity index (χ4n) is 4.79. The Balaban J connectivity index is 1.27. The van der Waals surface area contributed by atoms with Gasteiger partial charge in [0.05, 0.1) is 12.6 Å². The van der Waals surface area contributed by atoms with Crippen molar-refractivity contribution < 1.29 is 9.53 Å². The van der Waals surface area contributed by atoms with E-state index in [1.165, 1.54) is 30.2 Å². The Morgan fingerprint density at radius 2 is 1.90 bits per heavy atom. The monoisotopic (exact) mass is 403 g/mol. The lowest BCUT2D eigenvalue weighted by atomic mass is 9.98. The Kier molecular flexibility index (Phi) is 5.35. The molecule has 0 saturated heterocycles. The number of nitrogens with one attached hydrogen (secondary N) is 2. The third-order valence-electron chi connectivity index (χ3n) is 6.33. The number of hydrogen-bond donors (Lipinski definition) is 2. The largest absolute Gasteiger partial charge is 0.490 e. The molecule has 0 unspecified atom stereocenters. The van der Waals surface area contributed by atoms with Gasteiger partial charge in [0, 0.05) is 34.9 Å². The zero-order valence-corrected chi connectivity index (χ0v) is 17.3. The molecule has 0 atom stereocenters. The molecule has 0 radical (unpaired) electrons. The summed E-state index contributed by atoms with van der Waals surface area (Å²) < 4.78 is 6.15. The summed E-state index contributed by atoms with van der Waals surface area (Å²) in [6, 6.07) is 16.1. The number of nitrogens with zero attached hydrogens (tertiary/aromatic N) is 1. The molecule has 1 aliphatic heterocycles. The van der Waals surface area contributed by atoms with Gasteiger partial charge in [0.25, 0.3) is 0 Å². The molecule has 2 N–H and O–H groups in total. The number of aromatic nitrogens is 1. The van der Waals surface area contributed by atoms with Crippen molar-refractivity contribution in [3.63, 3.8) is 0 Å². The zero-order chi connectivity index (χ0) is 20.3. The Morgan fingerprint density at radius 1 is 1.03 bits per heavy atom. The van der Waals surface area contributed by atoms with Crippen LogP contribution in [0.1, 0.15) is 49.8 Å². The van der Waals surface area contributed by atoms with E-state index in [1.54, 1.807) is 0 Å². The number of carbonyl (C=O) groups is 1. The van der Waals surface area contributed by atoms with E-state index in [4.69, 9.17) is 4.74 Å². The molecule has 2 amide bonds. The smallest absolute Gasteiger partial charge is 0.322 e. The van der Waals surface area contributed by atoms with Crippen LogP contribution in [-0.2, 0) is 13.0 Å². The summed E-state index contributed by atoms with van der Waals surface area (Å²) >= 11 is 0. The van der Waals surface area contributed by atoms with Crippen LogP contribution in [-0.4, -0.2) is 28.6 Å². The second kappa shape index (κ2) is 8.42. The fraction of sp³-hybridized carbons (Fsp3) is 0.400. The summed E-state index contributed by atoms with van der Waals surface area (Å²) in [5, 5.41) is 4.35. The maximum Gasteiger partial charge on any atom is 0.322 e. The first-order valence-corrected chi connectivity index (χ1v) is 11.2. The molecule has 2 heterocycles. The van der Waals surface area contributed by atoms with Crippen molar-refractivity contribution in [1.82, 2.24) is 9.88 Å². The molecule has 5 nitrogen and oxygen atoms in total. The molecule has 2 aromatic carbocycles. The number of fused-ring (bicyclic) bond motifs is 3. The molecule has 1 aromatic heterocycles. The first-order chi connectivity index (χ1) is 14.8. The predicted molar refractivity (Wildman–Crippen MR) is 120 cm³/mol. The number of aryl methyl sites for hydroxylation is 1. The number of anilines is 1. The van der Waals surface area contributed by atoms with Crippen LogP contribution in [0.25, 0.3) is 10.9 Å². The van der Waals surface area contributed by atoms with Gasteiger partial charge in [-0.2, -0.15) is 0 Å². The SMILES string of the molecule is O=C(Nc1cccc(OC2CCCCC2)c1)N1CCCc2c([nH]c3ccccc23)C1. The van der Waals surface area contributed by atoms with E-state index in [0.717, 1.165) is 54.9 Å². The highest BCUT2D eigenvalue weighted by Gasteiger charge is 2.22. The number of ether oxygens (including phenoxy) is 1. The van der Waals surface area contributed by atoms with E-state index in [9.17, 15) is 4.79 Å². The number of urea groups is 1. The molecule has 156 valence electrons. The predicted octanol–water partition coefficient (Wildman–Crippen LogP) is 5.86. The Bertz CT molecular complexity index is 1040. The van der Waals surface area contributed by atoms with Crippen LogP contribution >= 0.6 is 0 Å². The first kappa shape index (κ1) is 19.0. The first-order valence-electron chi connectivity index (χ1n) is 11.2. The summed E-state index contributed by atoms with van der Waals surface area (Å²) in [6.07, 6.45) is 8.30. The number of carbonyl (C=O) groups excluding carboxylic acids is 1. The van der Waals surface area contributed by atoms with Crippen LogP contribution in [0.15, 0.2) is 48.5 Å². The van der Waals surface area contributed by atoms with Crippen LogP contribution in [0.3, 0.4) is 0 Å². The topological polar surface area (TPSA) is 57.4 Å². The van der Waals surface area contributed by atoms with Crippen LogP contribution in [0.4, 0.5) is 10.5 Å². The molecular formula is C25H29N3O2. The van der Waals surface area contributed by atoms with Crippen molar-refractivity contribution in [3.05, 3.63) is 59.8 Å². The van der Waals surface area contributed by atoms with Crippen molar-refractivity contribution in [1.29, 1.82) is 0 Å². The molecule has 5 rings (SSSR count). The molecule has 0 spiro atoms. The average Bonchev–Trinajstić information content (AvgIpc) is 2.97. The second-order valence-electron chi connectivity index (χ2n) is 8.49. The van der Waals surface area contributed by atoms with Crippen molar-refractivity contribution >= 4 is 22.6 Å². The van der Waals surface area contributed by atoms with E-state index in [0.29, 0.717) is 12.6 Å². The van der Waals surface area contributed by atoms with E-state index >= 15 is 0 Å². The highest BCUT2D eigenvalue weighted by Crippen LogP contribution is 2.28. The number of amides is 2. The lowest BCUT2D eigenvalue weighted by Gasteiger charge is -2.24. The third kappa shape index (κ3) is 4.02. The van der Waals surface area contributed by atoms with Crippen molar-refractivity contribution in [2.24, 2.45) is 0 Å². The lowest BCUT2D eigenvalue weighted by Crippen LogP contribution is -2.34. The molecule has 3 aromatic rings. The Morgan fingerprint density at radius 3 is 2.80 bits per heavy atom. The maximum absolute atomic E-state index is 13.0. The molecule has 1 aliphatic carbocycles. The quantitative estimate of drug-likeness (QED) is 0.575. The molecule has 30 heavy (non-hydrogen) atoms. The molecular weight excluding hydrogens is 374 g/mol. The van der Waals surface area contributed by atoms with E-state index in [-0.39, 0.29) is 6.03 Å². The molecule has 2 aliphatic rings. The number of aromatic amines is 1. The number of rotatable bonds is 3. The Labute approximate surface area is 177 Å². The summed E-state index contributed by atoms with van der Waals surface area (Å²) in [6.45, 7) is 1.36. The lowest BCUT2D eigenvalue weighted by molar-refractivity contribution is 0.155. The summed E-state index contributed by atoms with van der Waals surface area (Å²) in [7, 11) is 0. The van der Waals surface area contributed by atoms with E-state index in [2.05, 4.69) is 28.5 Å². The number of hydrogen-bond acceptors (Lipinski definition) is 2. The van der Waals surface area contributed by atoms with Gasteiger partial charge in [0.15, 0.2) is 0 Å². The van der Waals surface area contributed by atoms with Gasteiger partial charge in [-0.1, -0.05) is 30.7 Å². The minimum absolute atomic E-state index is 0.0590. The van der Waals surface area contributed by atoms with Gasteiger partial charge in [-0.3, -0.25) is 0 Å². The highest BCUT2D eigenvalue weighted by atomic mass is 16.5. The Hall–Kier alpha value is -2.95. The van der Waals surface area contributed by atoms with E-state index < -0.39 is 0 Å². The van der Waals surface area contributed by atoms with Crippen LogP contribution in [0.5, 0.6) is 5.75 Å². The average molecular weight is 404 g/mol. The van der Waals surface area contributed by atoms with Crippen molar-refractivity contribution in [2.75, 3.05) is 11.9 Å². The minimum Gasteiger partial charge on any atom is -0.490 e. The van der Waals surface area contributed by atoms with Crippen molar-refractivity contribution in [2.45, 2.75) is 57.6 Å². The van der Waals surface area contributed by atoms with Gasteiger partial charge in [0.2, 0.25) is 0 Å². The summed E-state index contributed by atoms with van der Waals surface area (Å²) in [4.78, 5) is 18.4. The summed E-state index contributed by atoms with van der Waals surface area (Å²) in [5.41, 5.74) is 4.44. The molecule has 1 saturated carbocycles. The zero-order valence-electron chi connectivity index (χ0n) is 17.3. The maximum atomic E-state index is 13.0. The number of benzene rings is 2. The van der Waals surface area contributed by atoms with Gasteiger partial charge in [-0.25, -0.2) is 4.79 Å². The number of H-pyrrole nitrogens is 1. The standard InChI is InChI=1S/C25H29N3O2/c29-25(26-18-8-6-11-20(16-18)30-19-9-2-1-3-10-19)28-15-7-13-22-21-12-4-5-14-23(21)27-24(22)17-28/h4-6,8,11-12,14,16,19,27H,1-3,7,9-10,13,15,17H2,(H,26,29). The van der Waals surface area contributed by atoms with Gasteiger partial charge in [-0.15, -0.1) is 0 Å². The van der Waals surface area contributed by atoms with Gasteiger partial charge in [-0.05, 0) is 62.3 Å². The van der Waals surface area contributed by atoms with Gasteiger partial charge in [0.1, 0.15) is 5.75 Å². The number of para-hydroxylation sites is 1. The second-order valence-corrected chi connectivity index (χ2v) is 8.49. The summed E-state index contributed by atoms with van der Waals surface area (Å²) in [5.74, 6) is 0.841. The fourth-order valence-corrected chi connectivity index (χ4v) is 4.79. The van der Waals surface area contributed by atoms with Crippen molar-refractivity contribution in [3.8, 4) is 5.75 Å².